The Bertz CT molecular complexity index is 1240. The highest BCUT2D eigenvalue weighted by atomic mass is 79.9. The van der Waals surface area contributed by atoms with Crippen molar-refractivity contribution in [1.29, 1.82) is 0 Å². The number of carbonyl (C=O) groups excluding carboxylic acids is 1. The number of carbonyl (C=O) groups is 1. The summed E-state index contributed by atoms with van der Waals surface area (Å²) in [5, 5.41) is 7.20. The van der Waals surface area contributed by atoms with Gasteiger partial charge >= 0.3 is 0 Å². The monoisotopic (exact) mass is 504 g/mol. The van der Waals surface area contributed by atoms with E-state index in [0.29, 0.717) is 17.9 Å². The van der Waals surface area contributed by atoms with Crippen molar-refractivity contribution in [1.82, 2.24) is 0 Å². The standard InChI is InChI=1S/C27H25BrN2O3/c1-32-24-15-18(12-19(28)27(24)33-2)26-25-22(29-20-10-6-7-11-21(20)30-26)13-17(14-23(25)31)16-8-4-3-5-9-16/h3-12,15,17,26,29-30H,13-14H2,1-2H3/t17-,26+/m1/s1. The van der Waals surface area contributed by atoms with Crippen LogP contribution in [0.2, 0.25) is 0 Å². The highest BCUT2D eigenvalue weighted by Crippen LogP contribution is 2.46. The molecule has 3 aromatic rings. The molecule has 3 aromatic carbocycles. The number of ketones is 1. The van der Waals surface area contributed by atoms with Crippen molar-refractivity contribution < 1.29 is 14.3 Å². The lowest BCUT2D eigenvalue weighted by molar-refractivity contribution is -0.116. The first-order chi connectivity index (χ1) is 16.1. The maximum atomic E-state index is 13.7. The first kappa shape index (κ1) is 21.6. The number of rotatable bonds is 4. The van der Waals surface area contributed by atoms with Crippen LogP contribution in [-0.2, 0) is 4.79 Å². The fourth-order valence-corrected chi connectivity index (χ4v) is 5.43. The third-order valence-electron chi connectivity index (χ3n) is 6.37. The lowest BCUT2D eigenvalue weighted by Gasteiger charge is -2.30. The van der Waals surface area contributed by atoms with Crippen molar-refractivity contribution in [2.24, 2.45) is 0 Å². The molecule has 1 aliphatic heterocycles. The maximum Gasteiger partial charge on any atom is 0.174 e. The van der Waals surface area contributed by atoms with Crippen LogP contribution in [0.1, 0.15) is 35.9 Å². The smallest absolute Gasteiger partial charge is 0.174 e. The fraction of sp³-hybridized carbons (Fsp3) is 0.222. The number of Topliss-reactive ketones (excluding diaryl/α,β-unsaturated/α-hetero) is 1. The molecule has 0 saturated heterocycles. The van der Waals surface area contributed by atoms with Crippen molar-refractivity contribution in [2.45, 2.75) is 24.8 Å². The topological polar surface area (TPSA) is 59.6 Å². The molecule has 2 aliphatic rings. The van der Waals surface area contributed by atoms with Crippen LogP contribution in [0, 0.1) is 0 Å². The number of allylic oxidation sites excluding steroid dienone is 1. The van der Waals surface area contributed by atoms with Crippen LogP contribution in [0.15, 0.2) is 82.5 Å². The minimum Gasteiger partial charge on any atom is -0.493 e. The molecule has 6 heteroatoms. The molecule has 0 spiro atoms. The first-order valence-electron chi connectivity index (χ1n) is 10.9. The quantitative estimate of drug-likeness (QED) is 0.427. The molecule has 2 N–H and O–H groups in total. The molecule has 5 nitrogen and oxygen atoms in total. The van der Waals surface area contributed by atoms with E-state index in [1.807, 2.05) is 54.6 Å². The number of fused-ring (bicyclic) bond motifs is 1. The van der Waals surface area contributed by atoms with E-state index in [4.69, 9.17) is 9.47 Å². The van der Waals surface area contributed by atoms with Gasteiger partial charge in [-0.2, -0.15) is 0 Å². The van der Waals surface area contributed by atoms with Gasteiger partial charge in [0.1, 0.15) is 0 Å². The van der Waals surface area contributed by atoms with Gasteiger partial charge in [-0.05, 0) is 63.7 Å². The average molecular weight is 505 g/mol. The zero-order chi connectivity index (χ0) is 22.9. The highest BCUT2D eigenvalue weighted by Gasteiger charge is 2.36. The Balaban J connectivity index is 1.64. The number of ether oxygens (including phenoxy) is 2. The van der Waals surface area contributed by atoms with Crippen LogP contribution in [-0.4, -0.2) is 20.0 Å². The minimum absolute atomic E-state index is 0.146. The molecule has 0 saturated carbocycles. The summed E-state index contributed by atoms with van der Waals surface area (Å²) in [6.45, 7) is 0. The van der Waals surface area contributed by atoms with Crippen molar-refractivity contribution >= 4 is 33.1 Å². The predicted octanol–water partition coefficient (Wildman–Crippen LogP) is 6.45. The number of para-hydroxylation sites is 2. The maximum absolute atomic E-state index is 13.7. The molecular weight excluding hydrogens is 480 g/mol. The zero-order valence-corrected chi connectivity index (χ0v) is 20.1. The molecular formula is C27H25BrN2O3. The molecule has 33 heavy (non-hydrogen) atoms. The van der Waals surface area contributed by atoms with Crippen LogP contribution in [0.4, 0.5) is 11.4 Å². The number of halogens is 1. The Morgan fingerprint density at radius 3 is 2.33 bits per heavy atom. The van der Waals surface area contributed by atoms with Gasteiger partial charge < -0.3 is 20.1 Å². The summed E-state index contributed by atoms with van der Waals surface area (Å²) in [7, 11) is 3.23. The molecule has 2 atom stereocenters. The first-order valence-corrected chi connectivity index (χ1v) is 11.7. The second kappa shape index (κ2) is 8.94. The van der Waals surface area contributed by atoms with Gasteiger partial charge in [0.2, 0.25) is 0 Å². The SMILES string of the molecule is COc1cc([C@@H]2Nc3ccccc3NC3=C2C(=O)C[C@H](c2ccccc2)C3)cc(Br)c1OC. The lowest BCUT2D eigenvalue weighted by atomic mass is 9.78. The summed E-state index contributed by atoms with van der Waals surface area (Å²) in [4.78, 5) is 13.7. The van der Waals surface area contributed by atoms with Crippen LogP contribution in [0.5, 0.6) is 11.5 Å². The number of hydrogen-bond donors (Lipinski definition) is 2. The van der Waals surface area contributed by atoms with E-state index in [1.54, 1.807) is 14.2 Å². The molecule has 0 radical (unpaired) electrons. The van der Waals surface area contributed by atoms with Crippen LogP contribution < -0.4 is 20.1 Å². The Morgan fingerprint density at radius 1 is 0.879 bits per heavy atom. The van der Waals surface area contributed by atoms with Crippen LogP contribution in [0.25, 0.3) is 0 Å². The molecule has 168 valence electrons. The van der Waals surface area contributed by atoms with Gasteiger partial charge in [0.05, 0.1) is 36.1 Å². The van der Waals surface area contributed by atoms with E-state index >= 15 is 0 Å². The molecule has 0 fully saturated rings. The molecule has 0 amide bonds. The molecule has 0 unspecified atom stereocenters. The van der Waals surface area contributed by atoms with E-state index in [9.17, 15) is 4.79 Å². The third kappa shape index (κ3) is 4.00. The van der Waals surface area contributed by atoms with Crippen molar-refractivity contribution in [3.8, 4) is 11.5 Å². The number of benzene rings is 3. The second-order valence-electron chi connectivity index (χ2n) is 8.32. The van der Waals surface area contributed by atoms with Gasteiger partial charge in [-0.25, -0.2) is 0 Å². The molecule has 0 bridgehead atoms. The number of anilines is 2. The van der Waals surface area contributed by atoms with Gasteiger partial charge in [0.15, 0.2) is 17.3 Å². The van der Waals surface area contributed by atoms with Crippen molar-refractivity contribution in [3.05, 3.63) is 93.6 Å². The Morgan fingerprint density at radius 2 is 1.61 bits per heavy atom. The van der Waals surface area contributed by atoms with E-state index in [1.165, 1.54) is 5.56 Å². The zero-order valence-electron chi connectivity index (χ0n) is 18.5. The summed E-state index contributed by atoms with van der Waals surface area (Å²) < 4.78 is 11.9. The number of methoxy groups -OCH3 is 2. The lowest BCUT2D eigenvalue weighted by Crippen LogP contribution is -2.27. The molecule has 1 aliphatic carbocycles. The fourth-order valence-electron chi connectivity index (χ4n) is 4.81. The minimum atomic E-state index is -0.323. The van der Waals surface area contributed by atoms with Crippen molar-refractivity contribution in [3.63, 3.8) is 0 Å². The second-order valence-corrected chi connectivity index (χ2v) is 9.17. The summed E-state index contributed by atoms with van der Waals surface area (Å²) in [5.74, 6) is 1.53. The summed E-state index contributed by atoms with van der Waals surface area (Å²) >= 11 is 3.61. The van der Waals surface area contributed by atoms with Crippen molar-refractivity contribution in [2.75, 3.05) is 24.9 Å². The Labute approximate surface area is 201 Å². The highest BCUT2D eigenvalue weighted by molar-refractivity contribution is 9.10. The van der Waals surface area contributed by atoms with E-state index in [-0.39, 0.29) is 17.7 Å². The summed E-state index contributed by atoms with van der Waals surface area (Å²) in [6.07, 6.45) is 1.25. The molecule has 5 rings (SSSR count). The Hall–Kier alpha value is -3.25. The normalized spacial score (nSPS) is 19.5. The Kier molecular flexibility index (Phi) is 5.85. The summed E-state index contributed by atoms with van der Waals surface area (Å²) in [5.41, 5.74) is 5.78. The predicted molar refractivity (Wildman–Crippen MR) is 134 cm³/mol. The van der Waals surface area contributed by atoms with Crippen LogP contribution in [0.3, 0.4) is 0 Å². The molecule has 0 aromatic heterocycles. The third-order valence-corrected chi connectivity index (χ3v) is 6.96. The number of nitrogens with one attached hydrogen (secondary N) is 2. The number of hydrogen-bond acceptors (Lipinski definition) is 5. The van der Waals surface area contributed by atoms with E-state index < -0.39 is 0 Å². The van der Waals surface area contributed by atoms with Gasteiger partial charge in [-0.15, -0.1) is 0 Å². The van der Waals surface area contributed by atoms with Gasteiger partial charge in [-0.3, -0.25) is 4.79 Å². The largest absolute Gasteiger partial charge is 0.493 e. The van der Waals surface area contributed by atoms with E-state index in [2.05, 4.69) is 38.7 Å². The molecule has 1 heterocycles. The van der Waals surface area contributed by atoms with Gasteiger partial charge in [0, 0.05) is 17.7 Å². The van der Waals surface area contributed by atoms with Crippen LogP contribution >= 0.6 is 15.9 Å². The average Bonchev–Trinajstić information content (AvgIpc) is 3.01. The van der Waals surface area contributed by atoms with E-state index in [0.717, 1.165) is 39.1 Å². The van der Waals surface area contributed by atoms with Gasteiger partial charge in [0.25, 0.3) is 0 Å². The van der Waals surface area contributed by atoms with Gasteiger partial charge in [-0.1, -0.05) is 42.5 Å². The summed E-state index contributed by atoms with van der Waals surface area (Å²) in [6, 6.07) is 22.0.